The second-order valence-electron chi connectivity index (χ2n) is 7.48. The van der Waals surface area contributed by atoms with Gasteiger partial charge >= 0.3 is 5.97 Å². The Kier molecular flexibility index (Phi) is 6.36. The lowest BCUT2D eigenvalue weighted by Crippen LogP contribution is -2.24. The summed E-state index contributed by atoms with van der Waals surface area (Å²) < 4.78 is 12.1. The highest BCUT2D eigenvalue weighted by Crippen LogP contribution is 2.27. The van der Waals surface area contributed by atoms with E-state index in [2.05, 4.69) is 4.98 Å². The van der Waals surface area contributed by atoms with Gasteiger partial charge in [-0.3, -0.25) is 14.2 Å². The van der Waals surface area contributed by atoms with Crippen LogP contribution in [-0.4, -0.2) is 33.5 Å². The van der Waals surface area contributed by atoms with E-state index in [0.29, 0.717) is 32.0 Å². The fourth-order valence-corrected chi connectivity index (χ4v) is 3.99. The minimum absolute atomic E-state index is 0.0412. The van der Waals surface area contributed by atoms with Crippen LogP contribution in [-0.2, 0) is 11.3 Å². The molecule has 3 rings (SSSR count). The van der Waals surface area contributed by atoms with Crippen LogP contribution in [0.1, 0.15) is 53.3 Å². The quantitative estimate of drug-likeness (QED) is 0.418. The molecule has 0 aliphatic carbocycles. The molecule has 0 fully saturated rings. The zero-order valence-electron chi connectivity index (χ0n) is 17.6. The van der Waals surface area contributed by atoms with Crippen molar-refractivity contribution in [3.63, 3.8) is 0 Å². The van der Waals surface area contributed by atoms with Crippen molar-refractivity contribution in [2.75, 3.05) is 0 Å². The van der Waals surface area contributed by atoms with E-state index in [-0.39, 0.29) is 30.1 Å². The smallest absolute Gasteiger partial charge is 0.348 e. The van der Waals surface area contributed by atoms with Crippen molar-refractivity contribution >= 4 is 33.3 Å². The lowest BCUT2D eigenvalue weighted by molar-refractivity contribution is 0.0383. The minimum atomic E-state index is -0.476. The van der Waals surface area contributed by atoms with Crippen molar-refractivity contribution in [1.29, 1.82) is 0 Å². The van der Waals surface area contributed by atoms with Crippen LogP contribution in [0, 0.1) is 6.92 Å². The summed E-state index contributed by atoms with van der Waals surface area (Å²) in [4.78, 5) is 43.0. The van der Waals surface area contributed by atoms with Crippen LogP contribution in [0.3, 0.4) is 0 Å². The number of fused-ring (bicyclic) bond motifs is 1. The van der Waals surface area contributed by atoms with E-state index in [1.807, 2.05) is 13.8 Å². The van der Waals surface area contributed by atoms with Gasteiger partial charge in [-0.05, 0) is 64.4 Å². The molecule has 1 aromatic carbocycles. The average molecular weight is 429 g/mol. The van der Waals surface area contributed by atoms with Crippen LogP contribution in [0.25, 0.3) is 10.2 Å². The molecule has 0 aliphatic heterocycles. The van der Waals surface area contributed by atoms with Crippen LogP contribution in [0.15, 0.2) is 35.4 Å². The summed E-state index contributed by atoms with van der Waals surface area (Å²) in [6.07, 6.45) is 1.12. The number of rotatable bonds is 7. The summed E-state index contributed by atoms with van der Waals surface area (Å²) in [7, 11) is 0. The molecule has 7 nitrogen and oxygen atoms in total. The SMILES string of the molecule is Cc1c(C(=O)OC(C)C)sc2ncn(CC(=O)c3ccc(OC(C)C)cc3)c(=O)c12. The number of ether oxygens (including phenoxy) is 2. The molecular weight excluding hydrogens is 404 g/mol. The van der Waals surface area contributed by atoms with Gasteiger partial charge in [-0.15, -0.1) is 11.3 Å². The number of esters is 1. The first-order chi connectivity index (χ1) is 14.2. The van der Waals surface area contributed by atoms with Gasteiger partial charge in [-0.1, -0.05) is 0 Å². The molecule has 0 radical (unpaired) electrons. The van der Waals surface area contributed by atoms with Crippen molar-refractivity contribution in [3.8, 4) is 5.75 Å². The molecule has 0 unspecified atom stereocenters. The maximum atomic E-state index is 13.0. The summed E-state index contributed by atoms with van der Waals surface area (Å²) in [6, 6.07) is 6.81. The van der Waals surface area contributed by atoms with Gasteiger partial charge in [0.05, 0.1) is 30.5 Å². The Balaban J connectivity index is 1.87. The molecule has 3 aromatic rings. The molecular formula is C22H24N2O5S. The summed E-state index contributed by atoms with van der Waals surface area (Å²) >= 11 is 1.12. The summed E-state index contributed by atoms with van der Waals surface area (Å²) in [5.74, 6) is -0.0191. The Labute approximate surface area is 178 Å². The van der Waals surface area contributed by atoms with Crippen LogP contribution in [0.2, 0.25) is 0 Å². The number of hydrogen-bond acceptors (Lipinski definition) is 7. The van der Waals surface area contributed by atoms with Crippen LogP contribution in [0.5, 0.6) is 5.75 Å². The van der Waals surface area contributed by atoms with E-state index in [1.165, 1.54) is 10.9 Å². The van der Waals surface area contributed by atoms with E-state index in [4.69, 9.17) is 9.47 Å². The molecule has 0 atom stereocenters. The molecule has 2 aromatic heterocycles. The predicted molar refractivity (Wildman–Crippen MR) is 116 cm³/mol. The molecule has 0 spiro atoms. The predicted octanol–water partition coefficient (Wildman–Crippen LogP) is 4.00. The molecule has 0 bridgehead atoms. The van der Waals surface area contributed by atoms with Crippen molar-refractivity contribution in [3.05, 3.63) is 57.0 Å². The third-order valence-electron chi connectivity index (χ3n) is 4.31. The zero-order valence-corrected chi connectivity index (χ0v) is 18.4. The maximum absolute atomic E-state index is 13.0. The maximum Gasteiger partial charge on any atom is 0.348 e. The van der Waals surface area contributed by atoms with Gasteiger partial charge in [-0.25, -0.2) is 9.78 Å². The molecule has 0 saturated carbocycles. The van der Waals surface area contributed by atoms with Gasteiger partial charge in [0.25, 0.3) is 5.56 Å². The number of benzene rings is 1. The normalized spacial score (nSPS) is 11.3. The molecule has 0 saturated heterocycles. The third kappa shape index (κ3) is 4.59. The first kappa shape index (κ1) is 21.7. The summed E-state index contributed by atoms with van der Waals surface area (Å²) in [6.45, 7) is 8.92. The first-order valence-electron chi connectivity index (χ1n) is 9.66. The van der Waals surface area contributed by atoms with E-state index in [9.17, 15) is 14.4 Å². The number of hydrogen-bond donors (Lipinski definition) is 0. The molecule has 8 heteroatoms. The number of carbonyl (C=O) groups excluding carboxylic acids is 2. The molecule has 30 heavy (non-hydrogen) atoms. The number of thiophene rings is 1. The van der Waals surface area contributed by atoms with Crippen molar-refractivity contribution in [1.82, 2.24) is 9.55 Å². The second-order valence-corrected chi connectivity index (χ2v) is 8.48. The topological polar surface area (TPSA) is 87.5 Å². The molecule has 0 amide bonds. The van der Waals surface area contributed by atoms with Crippen molar-refractivity contribution in [2.24, 2.45) is 0 Å². The third-order valence-corrected chi connectivity index (χ3v) is 5.49. The van der Waals surface area contributed by atoms with Crippen molar-refractivity contribution < 1.29 is 19.1 Å². The second kappa shape index (κ2) is 8.79. The molecule has 158 valence electrons. The fourth-order valence-electron chi connectivity index (χ4n) is 2.97. The fraction of sp³-hybridized carbons (Fsp3) is 0.364. The Hall–Kier alpha value is -3.00. The Morgan fingerprint density at radius 2 is 1.77 bits per heavy atom. The summed E-state index contributed by atoms with van der Waals surface area (Å²) in [5.41, 5.74) is 0.641. The van der Waals surface area contributed by atoms with E-state index in [1.54, 1.807) is 45.0 Å². The number of carbonyl (C=O) groups is 2. The highest BCUT2D eigenvalue weighted by molar-refractivity contribution is 7.20. The standard InChI is InChI=1S/C22H24N2O5S/c1-12(2)28-16-8-6-15(7-9-16)17(25)10-24-11-23-20-18(21(24)26)14(5)19(30-20)22(27)29-13(3)4/h6-9,11-13H,10H2,1-5H3. The number of aromatic nitrogens is 2. The summed E-state index contributed by atoms with van der Waals surface area (Å²) in [5, 5.41) is 0.340. The lowest BCUT2D eigenvalue weighted by Gasteiger charge is -2.10. The zero-order chi connectivity index (χ0) is 22.0. The van der Waals surface area contributed by atoms with Gasteiger partial charge in [0.1, 0.15) is 15.5 Å². The van der Waals surface area contributed by atoms with Gasteiger partial charge in [0.2, 0.25) is 0 Å². The van der Waals surface area contributed by atoms with Gasteiger partial charge in [0.15, 0.2) is 5.78 Å². The highest BCUT2D eigenvalue weighted by atomic mass is 32.1. The number of aryl methyl sites for hydroxylation is 1. The molecule has 0 aliphatic rings. The van der Waals surface area contributed by atoms with E-state index in [0.717, 1.165) is 11.3 Å². The van der Waals surface area contributed by atoms with Gasteiger partial charge < -0.3 is 9.47 Å². The first-order valence-corrected chi connectivity index (χ1v) is 10.5. The average Bonchev–Trinajstić information content (AvgIpc) is 3.01. The Morgan fingerprint density at radius 1 is 1.10 bits per heavy atom. The van der Waals surface area contributed by atoms with Gasteiger partial charge in [0, 0.05) is 5.56 Å². The number of ketones is 1. The molecule has 2 heterocycles. The number of nitrogens with zero attached hydrogens (tertiary/aromatic N) is 2. The monoisotopic (exact) mass is 428 g/mol. The van der Waals surface area contributed by atoms with Crippen LogP contribution >= 0.6 is 11.3 Å². The van der Waals surface area contributed by atoms with Crippen LogP contribution in [0.4, 0.5) is 0 Å². The minimum Gasteiger partial charge on any atom is -0.491 e. The Bertz CT molecular complexity index is 1140. The van der Waals surface area contributed by atoms with Crippen LogP contribution < -0.4 is 10.3 Å². The number of Topliss-reactive ketones (excluding diaryl/α,β-unsaturated/α-hetero) is 1. The Morgan fingerprint density at radius 3 is 2.37 bits per heavy atom. The highest BCUT2D eigenvalue weighted by Gasteiger charge is 2.22. The largest absolute Gasteiger partial charge is 0.491 e. The van der Waals surface area contributed by atoms with E-state index >= 15 is 0 Å². The van der Waals surface area contributed by atoms with Gasteiger partial charge in [-0.2, -0.15) is 0 Å². The molecule has 0 N–H and O–H groups in total. The van der Waals surface area contributed by atoms with Crippen molar-refractivity contribution in [2.45, 2.75) is 53.4 Å². The van der Waals surface area contributed by atoms with E-state index < -0.39 is 5.97 Å². The lowest BCUT2D eigenvalue weighted by atomic mass is 10.1.